The van der Waals surface area contributed by atoms with Crippen molar-refractivity contribution in [2.75, 3.05) is 26.2 Å². The van der Waals surface area contributed by atoms with E-state index in [0.29, 0.717) is 5.78 Å². The summed E-state index contributed by atoms with van der Waals surface area (Å²) in [5.41, 5.74) is 0. The Balaban J connectivity index is 2.40. The van der Waals surface area contributed by atoms with Crippen LogP contribution < -0.4 is 5.32 Å². The molecule has 3 heteroatoms. The number of piperazine rings is 1. The number of Topliss-reactive ketones (excluding diaryl/α,β-unsaturated/α-hetero) is 1. The van der Waals surface area contributed by atoms with Crippen LogP contribution >= 0.6 is 0 Å². The van der Waals surface area contributed by atoms with Crippen LogP contribution in [-0.4, -0.2) is 42.9 Å². The van der Waals surface area contributed by atoms with Gasteiger partial charge in [0, 0.05) is 32.6 Å². The van der Waals surface area contributed by atoms with Gasteiger partial charge in [0.2, 0.25) is 0 Å². The molecule has 0 radical (unpaired) electrons. The van der Waals surface area contributed by atoms with Gasteiger partial charge < -0.3 is 5.32 Å². The molecule has 0 spiro atoms. The topological polar surface area (TPSA) is 32.3 Å². The van der Waals surface area contributed by atoms with E-state index in [4.69, 9.17) is 0 Å². The van der Waals surface area contributed by atoms with Crippen molar-refractivity contribution in [3.8, 4) is 0 Å². The minimum Gasteiger partial charge on any atom is -0.313 e. The Kier molecular flexibility index (Phi) is 6.34. The molecule has 0 aromatic heterocycles. The van der Waals surface area contributed by atoms with Gasteiger partial charge in [-0.05, 0) is 6.42 Å². The highest BCUT2D eigenvalue weighted by molar-refractivity contribution is 5.84. The highest BCUT2D eigenvalue weighted by Crippen LogP contribution is 2.09. The fourth-order valence-electron chi connectivity index (χ4n) is 2.16. The number of rotatable bonds is 7. The van der Waals surface area contributed by atoms with Gasteiger partial charge in [-0.3, -0.25) is 9.69 Å². The second-order valence-corrected chi connectivity index (χ2v) is 4.43. The maximum atomic E-state index is 12.0. The van der Waals surface area contributed by atoms with Gasteiger partial charge in [0.1, 0.15) is 0 Å². The van der Waals surface area contributed by atoms with Gasteiger partial charge >= 0.3 is 0 Å². The monoisotopic (exact) mass is 224 g/mol. The maximum absolute atomic E-state index is 12.0. The van der Waals surface area contributed by atoms with E-state index >= 15 is 0 Å². The largest absolute Gasteiger partial charge is 0.313 e. The van der Waals surface area contributed by atoms with Crippen LogP contribution in [0.15, 0.2) is 12.7 Å². The minimum absolute atomic E-state index is 0.0728. The SMILES string of the molecule is C=CCN1CCNCC1C(=O)CCCCC. The van der Waals surface area contributed by atoms with Gasteiger partial charge in [-0.25, -0.2) is 0 Å². The summed E-state index contributed by atoms with van der Waals surface area (Å²) in [5.74, 6) is 0.391. The first-order valence-corrected chi connectivity index (χ1v) is 6.38. The van der Waals surface area contributed by atoms with Gasteiger partial charge in [-0.15, -0.1) is 6.58 Å². The first-order valence-electron chi connectivity index (χ1n) is 6.38. The van der Waals surface area contributed by atoms with E-state index in [9.17, 15) is 4.79 Å². The molecule has 0 aliphatic carbocycles. The molecule has 0 bridgehead atoms. The Morgan fingerprint density at radius 1 is 1.56 bits per heavy atom. The maximum Gasteiger partial charge on any atom is 0.151 e. The number of nitrogens with zero attached hydrogens (tertiary/aromatic N) is 1. The standard InChI is InChI=1S/C13H24N2O/c1-3-5-6-7-13(16)12-11-14-8-10-15(12)9-4-2/h4,12,14H,2-3,5-11H2,1H3. The fourth-order valence-corrected chi connectivity index (χ4v) is 2.16. The van der Waals surface area contributed by atoms with E-state index in [1.165, 1.54) is 6.42 Å². The van der Waals surface area contributed by atoms with E-state index in [-0.39, 0.29) is 6.04 Å². The number of carbonyl (C=O) groups is 1. The summed E-state index contributed by atoms with van der Waals surface area (Å²) >= 11 is 0. The fraction of sp³-hybridized carbons (Fsp3) is 0.769. The summed E-state index contributed by atoms with van der Waals surface area (Å²) in [7, 11) is 0. The highest BCUT2D eigenvalue weighted by atomic mass is 16.1. The van der Waals surface area contributed by atoms with Gasteiger partial charge in [-0.2, -0.15) is 0 Å². The molecule has 0 saturated carbocycles. The molecule has 0 aromatic rings. The highest BCUT2D eigenvalue weighted by Gasteiger charge is 2.26. The Bertz CT molecular complexity index is 228. The van der Waals surface area contributed by atoms with E-state index in [1.54, 1.807) is 0 Å². The third-order valence-electron chi connectivity index (χ3n) is 3.12. The zero-order valence-electron chi connectivity index (χ0n) is 10.4. The number of hydrogen-bond acceptors (Lipinski definition) is 3. The van der Waals surface area contributed by atoms with Crippen molar-refractivity contribution in [2.24, 2.45) is 0 Å². The quantitative estimate of drug-likeness (QED) is 0.526. The Hall–Kier alpha value is -0.670. The lowest BCUT2D eigenvalue weighted by molar-refractivity contribution is -0.124. The predicted octanol–water partition coefficient (Wildman–Crippen LogP) is 1.60. The normalized spacial score (nSPS) is 21.9. The molecular weight excluding hydrogens is 200 g/mol. The summed E-state index contributed by atoms with van der Waals surface area (Å²) in [5, 5.41) is 3.30. The molecule has 1 unspecified atom stereocenters. The molecule has 1 aliphatic heterocycles. The van der Waals surface area contributed by atoms with Gasteiger partial charge in [0.25, 0.3) is 0 Å². The van der Waals surface area contributed by atoms with Crippen molar-refractivity contribution in [1.29, 1.82) is 0 Å². The van der Waals surface area contributed by atoms with Crippen LogP contribution in [0, 0.1) is 0 Å². The van der Waals surface area contributed by atoms with Crippen LogP contribution in [0.25, 0.3) is 0 Å². The molecule has 0 amide bonds. The third kappa shape index (κ3) is 4.06. The summed E-state index contributed by atoms with van der Waals surface area (Å²) < 4.78 is 0. The Morgan fingerprint density at radius 3 is 3.06 bits per heavy atom. The van der Waals surface area contributed by atoms with Crippen LogP contribution in [0.3, 0.4) is 0 Å². The smallest absolute Gasteiger partial charge is 0.151 e. The molecule has 1 fully saturated rings. The average molecular weight is 224 g/mol. The lowest BCUT2D eigenvalue weighted by atomic mass is 10.0. The van der Waals surface area contributed by atoms with Gasteiger partial charge in [0.15, 0.2) is 5.78 Å². The lowest BCUT2D eigenvalue weighted by Gasteiger charge is -2.34. The zero-order valence-corrected chi connectivity index (χ0v) is 10.4. The van der Waals surface area contributed by atoms with E-state index in [1.807, 2.05) is 6.08 Å². The van der Waals surface area contributed by atoms with Crippen molar-refractivity contribution in [3.05, 3.63) is 12.7 Å². The summed E-state index contributed by atoms with van der Waals surface area (Å²) in [6, 6.07) is 0.0728. The Labute approximate surface area is 98.9 Å². The second-order valence-electron chi connectivity index (χ2n) is 4.43. The van der Waals surface area contributed by atoms with Crippen LogP contribution in [-0.2, 0) is 4.79 Å². The number of ketones is 1. The third-order valence-corrected chi connectivity index (χ3v) is 3.12. The summed E-state index contributed by atoms with van der Waals surface area (Å²) in [6.07, 6.45) is 5.99. The summed E-state index contributed by atoms with van der Waals surface area (Å²) in [6.45, 7) is 9.48. The molecule has 92 valence electrons. The number of hydrogen-bond donors (Lipinski definition) is 1. The predicted molar refractivity (Wildman–Crippen MR) is 67.6 cm³/mol. The molecule has 1 heterocycles. The molecule has 1 aliphatic rings. The molecule has 1 atom stereocenters. The average Bonchev–Trinajstić information content (AvgIpc) is 2.30. The lowest BCUT2D eigenvalue weighted by Crippen LogP contribution is -2.54. The Morgan fingerprint density at radius 2 is 2.38 bits per heavy atom. The van der Waals surface area contributed by atoms with Crippen LogP contribution in [0.5, 0.6) is 0 Å². The van der Waals surface area contributed by atoms with Crippen molar-refractivity contribution in [3.63, 3.8) is 0 Å². The van der Waals surface area contributed by atoms with Crippen molar-refractivity contribution in [2.45, 2.75) is 38.6 Å². The van der Waals surface area contributed by atoms with Crippen LogP contribution in [0.4, 0.5) is 0 Å². The van der Waals surface area contributed by atoms with Crippen LogP contribution in [0.2, 0.25) is 0 Å². The van der Waals surface area contributed by atoms with E-state index < -0.39 is 0 Å². The van der Waals surface area contributed by atoms with E-state index in [2.05, 4.69) is 23.7 Å². The van der Waals surface area contributed by atoms with Gasteiger partial charge in [0.05, 0.1) is 6.04 Å². The van der Waals surface area contributed by atoms with Crippen molar-refractivity contribution in [1.82, 2.24) is 10.2 Å². The number of nitrogens with one attached hydrogen (secondary N) is 1. The first kappa shape index (κ1) is 13.4. The van der Waals surface area contributed by atoms with E-state index in [0.717, 1.165) is 45.4 Å². The second kappa shape index (κ2) is 7.58. The molecule has 1 saturated heterocycles. The number of unbranched alkanes of at least 4 members (excludes halogenated alkanes) is 2. The first-order chi connectivity index (χ1) is 7.79. The van der Waals surface area contributed by atoms with Crippen LogP contribution in [0.1, 0.15) is 32.6 Å². The van der Waals surface area contributed by atoms with Gasteiger partial charge in [-0.1, -0.05) is 25.8 Å². The van der Waals surface area contributed by atoms with Crippen molar-refractivity contribution >= 4 is 5.78 Å². The molecular formula is C13H24N2O. The number of carbonyl (C=O) groups excluding carboxylic acids is 1. The zero-order chi connectivity index (χ0) is 11.8. The molecule has 16 heavy (non-hydrogen) atoms. The summed E-state index contributed by atoms with van der Waals surface area (Å²) in [4.78, 5) is 14.3. The molecule has 0 aromatic carbocycles. The molecule has 1 rings (SSSR count). The molecule has 1 N–H and O–H groups in total. The van der Waals surface area contributed by atoms with Crippen molar-refractivity contribution < 1.29 is 4.79 Å². The minimum atomic E-state index is 0.0728. The molecule has 3 nitrogen and oxygen atoms in total.